The summed E-state index contributed by atoms with van der Waals surface area (Å²) in [6.07, 6.45) is 0. The number of amides is 1. The number of halogens is 1. The van der Waals surface area contributed by atoms with Crippen LogP contribution in [0.3, 0.4) is 0 Å². The number of benzene rings is 1. The van der Waals surface area contributed by atoms with Crippen LogP contribution in [0.25, 0.3) is 0 Å². The molecule has 0 aliphatic heterocycles. The molecule has 0 aliphatic carbocycles. The fraction of sp³-hybridized carbons (Fsp3) is 0.250. The van der Waals surface area contributed by atoms with Gasteiger partial charge in [0.1, 0.15) is 22.5 Å². The number of nitriles is 1. The van der Waals surface area contributed by atoms with Gasteiger partial charge >= 0.3 is 0 Å². The van der Waals surface area contributed by atoms with E-state index >= 15 is 0 Å². The number of hydrogen-bond acceptors (Lipinski definition) is 5. The van der Waals surface area contributed by atoms with E-state index in [0.29, 0.717) is 32.8 Å². The van der Waals surface area contributed by atoms with Gasteiger partial charge in [-0.05, 0) is 32.9 Å². The van der Waals surface area contributed by atoms with Crippen LogP contribution in [-0.2, 0) is 4.79 Å². The van der Waals surface area contributed by atoms with Crippen molar-refractivity contribution < 1.29 is 4.79 Å². The summed E-state index contributed by atoms with van der Waals surface area (Å²) in [7, 11) is 0. The highest BCUT2D eigenvalue weighted by molar-refractivity contribution is 8.00. The van der Waals surface area contributed by atoms with Gasteiger partial charge in [0.25, 0.3) is 0 Å². The van der Waals surface area contributed by atoms with Gasteiger partial charge in [-0.25, -0.2) is 9.97 Å². The van der Waals surface area contributed by atoms with Crippen molar-refractivity contribution in [3.05, 3.63) is 46.4 Å². The van der Waals surface area contributed by atoms with Gasteiger partial charge in [-0.1, -0.05) is 35.5 Å². The lowest BCUT2D eigenvalue weighted by molar-refractivity contribution is -0.115. The Morgan fingerprint density at radius 3 is 2.70 bits per heavy atom. The Kier molecular flexibility index (Phi) is 5.59. The Morgan fingerprint density at radius 2 is 2.04 bits per heavy atom. The van der Waals surface area contributed by atoms with Gasteiger partial charge in [0.05, 0.1) is 21.7 Å². The molecule has 0 fully saturated rings. The average Bonchev–Trinajstić information content (AvgIpc) is 2.49. The lowest BCUT2D eigenvalue weighted by atomic mass is 10.3. The van der Waals surface area contributed by atoms with Gasteiger partial charge in [0, 0.05) is 0 Å². The van der Waals surface area contributed by atoms with E-state index < -0.39 is 5.25 Å². The predicted octanol–water partition coefficient (Wildman–Crippen LogP) is 3.74. The van der Waals surface area contributed by atoms with Gasteiger partial charge < -0.3 is 5.32 Å². The molecule has 1 N–H and O–H groups in total. The minimum atomic E-state index is -0.438. The van der Waals surface area contributed by atoms with Crippen molar-refractivity contribution in [2.24, 2.45) is 0 Å². The first kappa shape index (κ1) is 17.3. The molecule has 1 unspecified atom stereocenters. The molecule has 0 spiro atoms. The number of aromatic nitrogens is 2. The molecule has 1 atom stereocenters. The van der Waals surface area contributed by atoms with Gasteiger partial charge in [0.2, 0.25) is 5.91 Å². The van der Waals surface area contributed by atoms with Crippen molar-refractivity contribution in [3.63, 3.8) is 0 Å². The van der Waals surface area contributed by atoms with Crippen LogP contribution >= 0.6 is 23.4 Å². The number of thioether (sulfide) groups is 1. The van der Waals surface area contributed by atoms with Crippen molar-refractivity contribution in [2.75, 3.05) is 5.32 Å². The Labute approximate surface area is 144 Å². The zero-order valence-corrected chi connectivity index (χ0v) is 14.5. The maximum Gasteiger partial charge on any atom is 0.237 e. The van der Waals surface area contributed by atoms with E-state index in [9.17, 15) is 10.1 Å². The standard InChI is InChI=1S/C16H15ClN4OS/c1-9-12(8-18)16(20-11(3)19-9)23-10(2)15(22)21-14-7-5-4-6-13(14)17/h4-7,10H,1-3H3,(H,21,22). The lowest BCUT2D eigenvalue weighted by Crippen LogP contribution is -2.23. The van der Waals surface area contributed by atoms with Crippen LogP contribution < -0.4 is 5.32 Å². The summed E-state index contributed by atoms with van der Waals surface area (Å²) in [5.74, 6) is 0.364. The number of hydrogen-bond donors (Lipinski definition) is 1. The van der Waals surface area contributed by atoms with E-state index in [4.69, 9.17) is 11.6 Å². The molecular weight excluding hydrogens is 332 g/mol. The third-order valence-electron chi connectivity index (χ3n) is 3.07. The molecular formula is C16H15ClN4OS. The number of nitrogens with zero attached hydrogens (tertiary/aromatic N) is 3. The number of carbonyl (C=O) groups is 1. The van der Waals surface area contributed by atoms with E-state index in [2.05, 4.69) is 21.4 Å². The lowest BCUT2D eigenvalue weighted by Gasteiger charge is -2.14. The van der Waals surface area contributed by atoms with Crippen LogP contribution in [0.5, 0.6) is 0 Å². The molecule has 23 heavy (non-hydrogen) atoms. The normalized spacial score (nSPS) is 11.6. The number of nitrogens with one attached hydrogen (secondary N) is 1. The Hall–Kier alpha value is -2.10. The van der Waals surface area contributed by atoms with Gasteiger partial charge in [-0.3, -0.25) is 4.79 Å². The van der Waals surface area contributed by atoms with Gasteiger partial charge in [-0.15, -0.1) is 0 Å². The topological polar surface area (TPSA) is 78.7 Å². The van der Waals surface area contributed by atoms with Crippen LogP contribution in [0.2, 0.25) is 5.02 Å². The molecule has 0 saturated heterocycles. The van der Waals surface area contributed by atoms with Gasteiger partial charge in [0.15, 0.2) is 0 Å². The van der Waals surface area contributed by atoms with E-state index in [1.807, 2.05) is 0 Å². The van der Waals surface area contributed by atoms with Crippen LogP contribution in [0, 0.1) is 25.2 Å². The average molecular weight is 347 g/mol. The molecule has 5 nitrogen and oxygen atoms in total. The summed E-state index contributed by atoms with van der Waals surface area (Å²) in [6, 6.07) is 9.13. The number of anilines is 1. The SMILES string of the molecule is Cc1nc(C)c(C#N)c(SC(C)C(=O)Nc2ccccc2Cl)n1. The highest BCUT2D eigenvalue weighted by atomic mass is 35.5. The summed E-state index contributed by atoms with van der Waals surface area (Å²) in [5, 5.41) is 12.6. The molecule has 0 bridgehead atoms. The van der Waals surface area contributed by atoms with Crippen molar-refractivity contribution in [1.82, 2.24) is 9.97 Å². The van der Waals surface area contributed by atoms with Gasteiger partial charge in [-0.2, -0.15) is 5.26 Å². The molecule has 1 aromatic heterocycles. The number of para-hydroxylation sites is 1. The largest absolute Gasteiger partial charge is 0.324 e. The van der Waals surface area contributed by atoms with Crippen LogP contribution in [0.15, 0.2) is 29.3 Å². The molecule has 118 valence electrons. The fourth-order valence-electron chi connectivity index (χ4n) is 1.91. The molecule has 2 aromatic rings. The third kappa shape index (κ3) is 4.21. The maximum atomic E-state index is 12.3. The third-order valence-corrected chi connectivity index (χ3v) is 4.49. The quantitative estimate of drug-likeness (QED) is 0.674. The fourth-order valence-corrected chi connectivity index (χ4v) is 3.09. The van der Waals surface area contributed by atoms with E-state index in [1.165, 1.54) is 11.8 Å². The van der Waals surface area contributed by atoms with Crippen molar-refractivity contribution in [2.45, 2.75) is 31.0 Å². The predicted molar refractivity (Wildman–Crippen MR) is 91.6 cm³/mol. The first-order valence-electron chi connectivity index (χ1n) is 6.89. The zero-order valence-electron chi connectivity index (χ0n) is 12.9. The Bertz CT molecular complexity index is 788. The van der Waals surface area contributed by atoms with Crippen molar-refractivity contribution in [1.29, 1.82) is 5.26 Å². The van der Waals surface area contributed by atoms with Crippen LogP contribution in [0.1, 0.15) is 24.0 Å². The summed E-state index contributed by atoms with van der Waals surface area (Å²) in [4.78, 5) is 20.8. The minimum Gasteiger partial charge on any atom is -0.324 e. The van der Waals surface area contributed by atoms with Crippen LogP contribution in [-0.4, -0.2) is 21.1 Å². The zero-order chi connectivity index (χ0) is 17.0. The number of carbonyl (C=O) groups excluding carboxylic acids is 1. The van der Waals surface area contributed by atoms with Crippen molar-refractivity contribution >= 4 is 35.0 Å². The molecule has 2 rings (SSSR count). The second-order valence-corrected chi connectivity index (χ2v) is 6.61. The first-order valence-corrected chi connectivity index (χ1v) is 8.15. The molecule has 0 saturated carbocycles. The summed E-state index contributed by atoms with van der Waals surface area (Å²) < 4.78 is 0. The molecule has 0 radical (unpaired) electrons. The van der Waals surface area contributed by atoms with E-state index in [-0.39, 0.29) is 5.91 Å². The van der Waals surface area contributed by atoms with Crippen molar-refractivity contribution in [3.8, 4) is 6.07 Å². The first-order chi connectivity index (χ1) is 10.9. The summed E-state index contributed by atoms with van der Waals surface area (Å²) in [5.41, 5.74) is 1.57. The minimum absolute atomic E-state index is 0.207. The maximum absolute atomic E-state index is 12.3. The number of rotatable bonds is 4. The molecule has 0 aliphatic rings. The smallest absolute Gasteiger partial charge is 0.237 e. The van der Waals surface area contributed by atoms with E-state index in [0.717, 1.165) is 0 Å². The molecule has 1 aromatic carbocycles. The number of aryl methyl sites for hydroxylation is 2. The summed E-state index contributed by atoms with van der Waals surface area (Å²) in [6.45, 7) is 5.27. The Morgan fingerprint density at radius 1 is 1.35 bits per heavy atom. The molecule has 1 amide bonds. The highest BCUT2D eigenvalue weighted by Crippen LogP contribution is 2.28. The Balaban J connectivity index is 2.16. The second kappa shape index (κ2) is 7.44. The molecule has 1 heterocycles. The second-order valence-electron chi connectivity index (χ2n) is 4.88. The molecule has 7 heteroatoms. The van der Waals surface area contributed by atoms with E-state index in [1.54, 1.807) is 45.0 Å². The van der Waals surface area contributed by atoms with Crippen LogP contribution in [0.4, 0.5) is 5.69 Å². The summed E-state index contributed by atoms with van der Waals surface area (Å²) >= 11 is 7.26. The highest BCUT2D eigenvalue weighted by Gasteiger charge is 2.20. The monoisotopic (exact) mass is 346 g/mol.